The molecule has 114 valence electrons. The first-order chi connectivity index (χ1) is 10.1. The Morgan fingerprint density at radius 1 is 1.19 bits per heavy atom. The van der Waals surface area contributed by atoms with Crippen LogP contribution in [0, 0.1) is 0 Å². The minimum Gasteiger partial charge on any atom is -0.480 e. The smallest absolute Gasteiger partial charge is 0.323 e. The molecule has 0 saturated carbocycles. The Balaban J connectivity index is 2.83. The number of amides is 2. The Labute approximate surface area is 123 Å². The minimum absolute atomic E-state index is 0.140. The second-order valence-corrected chi connectivity index (χ2v) is 4.48. The summed E-state index contributed by atoms with van der Waals surface area (Å²) in [6, 6.07) is 8.89. The molecule has 0 atom stereocenters. The number of aliphatic hydroxyl groups excluding tert-OH is 1. The van der Waals surface area contributed by atoms with Crippen LogP contribution in [0.2, 0.25) is 0 Å². The van der Waals surface area contributed by atoms with Gasteiger partial charge in [0.25, 0.3) is 0 Å². The van der Waals surface area contributed by atoms with Crippen LogP contribution in [0.3, 0.4) is 0 Å². The van der Waals surface area contributed by atoms with Crippen LogP contribution in [0.25, 0.3) is 0 Å². The number of urea groups is 1. The summed E-state index contributed by atoms with van der Waals surface area (Å²) in [5.74, 6) is -1.09. The summed E-state index contributed by atoms with van der Waals surface area (Å²) in [5, 5.41) is 18.0. The third kappa shape index (κ3) is 5.66. The molecule has 0 radical (unpaired) electrons. The van der Waals surface area contributed by atoms with E-state index in [4.69, 9.17) is 10.2 Å². The van der Waals surface area contributed by atoms with E-state index in [1.807, 2.05) is 30.3 Å². The molecule has 1 aromatic rings. The predicted molar refractivity (Wildman–Crippen MR) is 78.7 cm³/mol. The van der Waals surface area contributed by atoms with E-state index < -0.39 is 18.5 Å². The van der Waals surface area contributed by atoms with Gasteiger partial charge in [-0.25, -0.2) is 4.79 Å². The quantitative estimate of drug-likeness (QED) is 0.705. The van der Waals surface area contributed by atoms with E-state index in [1.165, 1.54) is 15.9 Å². The van der Waals surface area contributed by atoms with Crippen molar-refractivity contribution in [1.29, 1.82) is 0 Å². The van der Waals surface area contributed by atoms with Crippen LogP contribution < -0.4 is 0 Å². The topological polar surface area (TPSA) is 81.1 Å². The number of aliphatic carboxylic acids is 1. The van der Waals surface area contributed by atoms with Crippen LogP contribution in [0.15, 0.2) is 43.0 Å². The Hall–Kier alpha value is -2.34. The number of carboxylic acid groups (broad SMARTS) is 1. The zero-order valence-corrected chi connectivity index (χ0v) is 11.8. The molecule has 2 N–H and O–H groups in total. The summed E-state index contributed by atoms with van der Waals surface area (Å²) in [4.78, 5) is 25.8. The number of hydrogen-bond donors (Lipinski definition) is 2. The largest absolute Gasteiger partial charge is 0.480 e. The van der Waals surface area contributed by atoms with Crippen molar-refractivity contribution in [3.63, 3.8) is 0 Å². The van der Waals surface area contributed by atoms with E-state index in [-0.39, 0.29) is 19.7 Å². The lowest BCUT2D eigenvalue weighted by Crippen LogP contribution is -2.46. The minimum atomic E-state index is -1.09. The molecule has 0 aromatic heterocycles. The highest BCUT2D eigenvalue weighted by atomic mass is 16.4. The van der Waals surface area contributed by atoms with E-state index in [2.05, 4.69) is 6.58 Å². The molecule has 6 nitrogen and oxygen atoms in total. The molecule has 0 unspecified atom stereocenters. The van der Waals surface area contributed by atoms with Gasteiger partial charge in [0.15, 0.2) is 0 Å². The molecule has 2 amide bonds. The summed E-state index contributed by atoms with van der Waals surface area (Å²) in [7, 11) is 0. The van der Waals surface area contributed by atoms with Crippen LogP contribution in [0.5, 0.6) is 0 Å². The van der Waals surface area contributed by atoms with Crippen molar-refractivity contribution in [2.45, 2.75) is 6.54 Å². The van der Waals surface area contributed by atoms with Gasteiger partial charge in [-0.1, -0.05) is 36.4 Å². The van der Waals surface area contributed by atoms with Gasteiger partial charge in [0.05, 0.1) is 6.61 Å². The van der Waals surface area contributed by atoms with Crippen molar-refractivity contribution in [1.82, 2.24) is 9.80 Å². The fourth-order valence-corrected chi connectivity index (χ4v) is 1.90. The van der Waals surface area contributed by atoms with Crippen LogP contribution >= 0.6 is 0 Å². The van der Waals surface area contributed by atoms with Crippen LogP contribution in [-0.2, 0) is 11.3 Å². The predicted octanol–water partition coefficient (Wildman–Crippen LogP) is 1.17. The van der Waals surface area contributed by atoms with Gasteiger partial charge in [0.1, 0.15) is 6.54 Å². The van der Waals surface area contributed by atoms with Crippen molar-refractivity contribution in [2.75, 3.05) is 26.2 Å². The van der Waals surface area contributed by atoms with Gasteiger partial charge in [0, 0.05) is 19.6 Å². The van der Waals surface area contributed by atoms with Gasteiger partial charge in [-0.15, -0.1) is 6.58 Å². The number of rotatable bonds is 8. The van der Waals surface area contributed by atoms with E-state index >= 15 is 0 Å². The standard InChI is InChI=1S/C15H20N2O4/c1-2-8-16(12-14(19)20)15(21)17(9-10-18)11-13-6-4-3-5-7-13/h2-7,18H,1,8-12H2,(H,19,20). The maximum absolute atomic E-state index is 12.4. The second kappa shape index (κ2) is 8.76. The molecule has 0 aliphatic carbocycles. The molecule has 0 aliphatic heterocycles. The molecule has 0 fully saturated rings. The van der Waals surface area contributed by atoms with Crippen molar-refractivity contribution >= 4 is 12.0 Å². The van der Waals surface area contributed by atoms with E-state index in [1.54, 1.807) is 0 Å². The zero-order valence-electron chi connectivity index (χ0n) is 11.8. The van der Waals surface area contributed by atoms with Gasteiger partial charge in [-0.05, 0) is 5.56 Å². The molecule has 0 aliphatic rings. The Kier molecular flexibility index (Phi) is 6.97. The second-order valence-electron chi connectivity index (χ2n) is 4.48. The average molecular weight is 292 g/mol. The van der Waals surface area contributed by atoms with Gasteiger partial charge in [-0.2, -0.15) is 0 Å². The van der Waals surface area contributed by atoms with Gasteiger partial charge in [-0.3, -0.25) is 4.79 Å². The fraction of sp³-hybridized carbons (Fsp3) is 0.333. The summed E-state index contributed by atoms with van der Waals surface area (Å²) in [5.41, 5.74) is 0.910. The summed E-state index contributed by atoms with van der Waals surface area (Å²) in [6.07, 6.45) is 1.47. The van der Waals surface area contributed by atoms with Gasteiger partial charge in [0.2, 0.25) is 0 Å². The normalized spacial score (nSPS) is 9.95. The molecule has 0 saturated heterocycles. The third-order valence-corrected chi connectivity index (χ3v) is 2.80. The van der Waals surface area contributed by atoms with E-state index in [9.17, 15) is 9.59 Å². The number of nitrogens with zero attached hydrogens (tertiary/aromatic N) is 2. The van der Waals surface area contributed by atoms with Crippen LogP contribution in [-0.4, -0.2) is 58.3 Å². The highest BCUT2D eigenvalue weighted by Crippen LogP contribution is 2.07. The molecule has 1 aromatic carbocycles. The maximum Gasteiger partial charge on any atom is 0.323 e. The number of carbonyl (C=O) groups excluding carboxylic acids is 1. The summed E-state index contributed by atoms with van der Waals surface area (Å²) < 4.78 is 0. The lowest BCUT2D eigenvalue weighted by atomic mass is 10.2. The third-order valence-electron chi connectivity index (χ3n) is 2.80. The number of hydrogen-bond acceptors (Lipinski definition) is 3. The number of aliphatic hydroxyl groups is 1. The molecular formula is C15H20N2O4. The lowest BCUT2D eigenvalue weighted by Gasteiger charge is -2.28. The Bertz CT molecular complexity index is 476. The average Bonchev–Trinajstić information content (AvgIpc) is 2.46. The molecular weight excluding hydrogens is 272 g/mol. The van der Waals surface area contributed by atoms with Crippen molar-refractivity contribution in [2.24, 2.45) is 0 Å². The number of benzene rings is 1. The fourth-order valence-electron chi connectivity index (χ4n) is 1.90. The monoisotopic (exact) mass is 292 g/mol. The Morgan fingerprint density at radius 2 is 1.86 bits per heavy atom. The molecule has 1 rings (SSSR count). The molecule has 0 heterocycles. The van der Waals surface area contributed by atoms with E-state index in [0.717, 1.165) is 5.56 Å². The van der Waals surface area contributed by atoms with Crippen molar-refractivity contribution in [3.8, 4) is 0 Å². The molecule has 21 heavy (non-hydrogen) atoms. The molecule has 0 bridgehead atoms. The first-order valence-corrected chi connectivity index (χ1v) is 6.59. The summed E-state index contributed by atoms with van der Waals surface area (Å²) in [6.45, 7) is 3.53. The van der Waals surface area contributed by atoms with Crippen LogP contribution in [0.1, 0.15) is 5.56 Å². The van der Waals surface area contributed by atoms with Crippen molar-refractivity contribution < 1.29 is 19.8 Å². The first kappa shape index (κ1) is 16.7. The highest BCUT2D eigenvalue weighted by molar-refractivity contribution is 5.80. The van der Waals surface area contributed by atoms with E-state index in [0.29, 0.717) is 6.54 Å². The Morgan fingerprint density at radius 3 is 2.38 bits per heavy atom. The molecule has 6 heteroatoms. The van der Waals surface area contributed by atoms with Crippen LogP contribution in [0.4, 0.5) is 4.79 Å². The molecule has 0 spiro atoms. The number of carboxylic acids is 1. The SMILES string of the molecule is C=CCN(CC(=O)O)C(=O)N(CCO)Cc1ccccc1. The zero-order chi connectivity index (χ0) is 15.7. The number of carbonyl (C=O) groups is 2. The lowest BCUT2D eigenvalue weighted by molar-refractivity contribution is -0.137. The summed E-state index contributed by atoms with van der Waals surface area (Å²) >= 11 is 0. The van der Waals surface area contributed by atoms with Gasteiger partial charge < -0.3 is 20.0 Å². The van der Waals surface area contributed by atoms with Gasteiger partial charge >= 0.3 is 12.0 Å². The maximum atomic E-state index is 12.4. The van der Waals surface area contributed by atoms with Crippen molar-refractivity contribution in [3.05, 3.63) is 48.6 Å². The highest BCUT2D eigenvalue weighted by Gasteiger charge is 2.21. The first-order valence-electron chi connectivity index (χ1n) is 6.59.